The van der Waals surface area contributed by atoms with Gasteiger partial charge in [0.2, 0.25) is 5.91 Å². The van der Waals surface area contributed by atoms with E-state index in [-0.39, 0.29) is 18.0 Å². The van der Waals surface area contributed by atoms with Gasteiger partial charge in [-0.05, 0) is 46.5 Å². The Balaban J connectivity index is 1.65. The topological polar surface area (TPSA) is 84.3 Å². The molecule has 3 heterocycles. The zero-order valence-corrected chi connectivity index (χ0v) is 19.0. The summed E-state index contributed by atoms with van der Waals surface area (Å²) in [7, 11) is 0. The zero-order chi connectivity index (χ0) is 22.1. The summed E-state index contributed by atoms with van der Waals surface area (Å²) in [5, 5.41) is 3.42. The van der Waals surface area contributed by atoms with E-state index >= 15 is 0 Å². The van der Waals surface area contributed by atoms with Crippen molar-refractivity contribution in [2.45, 2.75) is 26.9 Å². The number of amides is 2. The molecule has 31 heavy (non-hydrogen) atoms. The standard InChI is InChI=1S/C23H23BrN4O3/c1-14-3-5-16(6-4-14)9-26-22(30)19-8-17-7-18(24)10-25-21(17)28(23(19)31)13-20(29)27-11-15(2)12-27/h3-8,10,15H,9,11-13H2,1-2H3,(H,26,30). The summed E-state index contributed by atoms with van der Waals surface area (Å²) in [5.74, 6) is -0.167. The maximum Gasteiger partial charge on any atom is 0.265 e. The van der Waals surface area contributed by atoms with Crippen LogP contribution < -0.4 is 10.9 Å². The van der Waals surface area contributed by atoms with Crippen LogP contribution in [-0.4, -0.2) is 39.4 Å². The summed E-state index contributed by atoms with van der Waals surface area (Å²) in [4.78, 5) is 44.7. The van der Waals surface area contributed by atoms with Gasteiger partial charge in [-0.25, -0.2) is 4.98 Å². The highest BCUT2D eigenvalue weighted by Gasteiger charge is 2.28. The first kappa shape index (κ1) is 21.2. The van der Waals surface area contributed by atoms with Gasteiger partial charge < -0.3 is 10.2 Å². The minimum atomic E-state index is -0.523. The second-order valence-corrected chi connectivity index (χ2v) is 9.00. The van der Waals surface area contributed by atoms with Crippen molar-refractivity contribution in [1.29, 1.82) is 0 Å². The van der Waals surface area contributed by atoms with Crippen molar-refractivity contribution in [3.63, 3.8) is 0 Å². The van der Waals surface area contributed by atoms with Gasteiger partial charge in [-0.3, -0.25) is 19.0 Å². The van der Waals surface area contributed by atoms with Crippen LogP contribution in [0.2, 0.25) is 0 Å². The number of carbonyl (C=O) groups is 2. The lowest BCUT2D eigenvalue weighted by atomic mass is 10.0. The number of likely N-dealkylation sites (tertiary alicyclic amines) is 1. The molecule has 1 aliphatic rings. The smallest absolute Gasteiger partial charge is 0.265 e. The third-order valence-electron chi connectivity index (χ3n) is 5.42. The molecule has 1 aliphatic heterocycles. The quantitative estimate of drug-likeness (QED) is 0.605. The molecule has 1 aromatic carbocycles. The summed E-state index contributed by atoms with van der Waals surface area (Å²) < 4.78 is 2.02. The molecule has 7 nitrogen and oxygen atoms in total. The van der Waals surface area contributed by atoms with E-state index < -0.39 is 11.5 Å². The number of carbonyl (C=O) groups excluding carboxylic acids is 2. The van der Waals surface area contributed by atoms with E-state index in [1.807, 2.05) is 31.2 Å². The molecule has 0 saturated carbocycles. The maximum atomic E-state index is 13.2. The predicted molar refractivity (Wildman–Crippen MR) is 122 cm³/mol. The first-order valence-corrected chi connectivity index (χ1v) is 10.9. The van der Waals surface area contributed by atoms with Crippen LogP contribution in [0.25, 0.3) is 11.0 Å². The molecule has 2 aromatic heterocycles. The maximum absolute atomic E-state index is 13.2. The van der Waals surface area contributed by atoms with E-state index in [2.05, 4.69) is 33.2 Å². The van der Waals surface area contributed by atoms with Gasteiger partial charge in [-0.1, -0.05) is 36.8 Å². The number of hydrogen-bond acceptors (Lipinski definition) is 4. The molecule has 3 aromatic rings. The summed E-state index contributed by atoms with van der Waals surface area (Å²) >= 11 is 3.38. The van der Waals surface area contributed by atoms with E-state index in [4.69, 9.17) is 0 Å². The van der Waals surface area contributed by atoms with Crippen LogP contribution in [0.4, 0.5) is 0 Å². The third-order valence-corrected chi connectivity index (χ3v) is 5.85. The third kappa shape index (κ3) is 4.54. The summed E-state index contributed by atoms with van der Waals surface area (Å²) in [6.45, 7) is 5.59. The Kier molecular flexibility index (Phi) is 5.91. The fourth-order valence-electron chi connectivity index (χ4n) is 3.67. The highest BCUT2D eigenvalue weighted by atomic mass is 79.9. The molecule has 0 spiro atoms. The average molecular weight is 483 g/mol. The Labute approximate surface area is 188 Å². The molecule has 0 radical (unpaired) electrons. The first-order valence-electron chi connectivity index (χ1n) is 10.1. The highest BCUT2D eigenvalue weighted by molar-refractivity contribution is 9.10. The predicted octanol–water partition coefficient (Wildman–Crippen LogP) is 2.88. The van der Waals surface area contributed by atoms with Crippen LogP contribution >= 0.6 is 15.9 Å². The van der Waals surface area contributed by atoms with Gasteiger partial charge in [0.05, 0.1) is 0 Å². The van der Waals surface area contributed by atoms with Gasteiger partial charge in [-0.15, -0.1) is 0 Å². The number of halogens is 1. The fourth-order valence-corrected chi connectivity index (χ4v) is 4.02. The first-order chi connectivity index (χ1) is 14.8. The SMILES string of the molecule is Cc1ccc(CNC(=O)c2cc3cc(Br)cnc3n(CC(=O)N3CC(C)C3)c2=O)cc1. The van der Waals surface area contributed by atoms with Crippen LogP contribution in [0.1, 0.15) is 28.4 Å². The van der Waals surface area contributed by atoms with Crippen molar-refractivity contribution in [2.75, 3.05) is 13.1 Å². The normalized spacial score (nSPS) is 13.8. The van der Waals surface area contributed by atoms with E-state index in [9.17, 15) is 14.4 Å². The van der Waals surface area contributed by atoms with Crippen molar-refractivity contribution in [2.24, 2.45) is 5.92 Å². The molecule has 0 aliphatic carbocycles. The van der Waals surface area contributed by atoms with Gasteiger partial charge >= 0.3 is 0 Å². The molecule has 8 heteroatoms. The van der Waals surface area contributed by atoms with E-state index in [0.29, 0.717) is 36.6 Å². The second-order valence-electron chi connectivity index (χ2n) is 8.09. The highest BCUT2D eigenvalue weighted by Crippen LogP contribution is 2.19. The molecular formula is C23H23BrN4O3. The molecule has 1 N–H and O–H groups in total. The van der Waals surface area contributed by atoms with Gasteiger partial charge in [-0.2, -0.15) is 0 Å². The van der Waals surface area contributed by atoms with Crippen LogP contribution in [0.5, 0.6) is 0 Å². The van der Waals surface area contributed by atoms with Gasteiger partial charge in [0.1, 0.15) is 17.8 Å². The minimum Gasteiger partial charge on any atom is -0.348 e. The summed E-state index contributed by atoms with van der Waals surface area (Å²) in [5.41, 5.74) is 1.92. The molecule has 160 valence electrons. The number of aryl methyl sites for hydroxylation is 1. The molecule has 0 bridgehead atoms. The van der Waals surface area contributed by atoms with E-state index in [0.717, 1.165) is 15.6 Å². The number of aromatic nitrogens is 2. The number of fused-ring (bicyclic) bond motifs is 1. The van der Waals surface area contributed by atoms with Crippen LogP contribution in [0, 0.1) is 12.8 Å². The largest absolute Gasteiger partial charge is 0.348 e. The number of nitrogens with zero attached hydrogens (tertiary/aromatic N) is 3. The number of benzene rings is 1. The van der Waals surface area contributed by atoms with Crippen molar-refractivity contribution < 1.29 is 9.59 Å². The molecule has 2 amide bonds. The Morgan fingerprint density at radius 2 is 1.90 bits per heavy atom. The van der Waals surface area contributed by atoms with Crippen molar-refractivity contribution in [3.8, 4) is 0 Å². The van der Waals surface area contributed by atoms with Crippen LogP contribution in [0.15, 0.2) is 51.9 Å². The lowest BCUT2D eigenvalue weighted by Crippen LogP contribution is -2.50. The number of rotatable bonds is 5. The second kappa shape index (κ2) is 8.63. The minimum absolute atomic E-state index is 0.00992. The molecule has 4 rings (SSSR count). The van der Waals surface area contributed by atoms with Gasteiger partial charge in [0, 0.05) is 35.7 Å². The summed E-state index contributed by atoms with van der Waals surface area (Å²) in [6.07, 6.45) is 1.57. The summed E-state index contributed by atoms with van der Waals surface area (Å²) in [6, 6.07) is 11.1. The Morgan fingerprint density at radius 3 is 2.58 bits per heavy atom. The lowest BCUT2D eigenvalue weighted by Gasteiger charge is -2.37. The Morgan fingerprint density at radius 1 is 1.19 bits per heavy atom. The molecule has 1 fully saturated rings. The average Bonchev–Trinajstić information content (AvgIpc) is 2.72. The molecule has 1 saturated heterocycles. The Bertz CT molecular complexity index is 1210. The number of hydrogen-bond donors (Lipinski definition) is 1. The van der Waals surface area contributed by atoms with Crippen molar-refractivity contribution in [1.82, 2.24) is 19.8 Å². The number of nitrogens with one attached hydrogen (secondary N) is 1. The van der Waals surface area contributed by atoms with E-state index in [1.165, 1.54) is 10.6 Å². The monoisotopic (exact) mass is 482 g/mol. The lowest BCUT2D eigenvalue weighted by molar-refractivity contribution is -0.137. The van der Waals surface area contributed by atoms with Gasteiger partial charge in [0.15, 0.2) is 0 Å². The van der Waals surface area contributed by atoms with Crippen LogP contribution in [-0.2, 0) is 17.9 Å². The Hall–Kier alpha value is -3.00. The van der Waals surface area contributed by atoms with Crippen molar-refractivity contribution >= 4 is 38.8 Å². The van der Waals surface area contributed by atoms with Gasteiger partial charge in [0.25, 0.3) is 11.5 Å². The van der Waals surface area contributed by atoms with E-state index in [1.54, 1.807) is 17.2 Å². The molecule has 0 unspecified atom stereocenters. The molecular weight excluding hydrogens is 460 g/mol. The zero-order valence-electron chi connectivity index (χ0n) is 17.4. The van der Waals surface area contributed by atoms with Crippen molar-refractivity contribution in [3.05, 3.63) is 74.1 Å². The molecule has 0 atom stereocenters. The number of pyridine rings is 2. The fraction of sp³-hybridized carbons (Fsp3) is 0.304. The van der Waals surface area contributed by atoms with Crippen LogP contribution in [0.3, 0.4) is 0 Å².